The van der Waals surface area contributed by atoms with Gasteiger partial charge in [-0.15, -0.1) is 0 Å². The van der Waals surface area contributed by atoms with Crippen LogP contribution in [-0.4, -0.2) is 7.11 Å². The lowest BCUT2D eigenvalue weighted by Gasteiger charge is -2.28. The smallest absolute Gasteiger partial charge is 0.130 e. The molecule has 1 aliphatic heterocycles. The molecular formula is C24H31FO2. The highest BCUT2D eigenvalue weighted by Gasteiger charge is 2.29. The quantitative estimate of drug-likeness (QED) is 0.606. The van der Waals surface area contributed by atoms with Crippen LogP contribution in [0.25, 0.3) is 11.1 Å². The summed E-state index contributed by atoms with van der Waals surface area (Å²) in [6, 6.07) is 5.78. The standard InChI is InChI=1S/C24H31FO2/c1-14-17-13-27-12-15(17)9-19(24(5,6)7)22(14)16-10-18(23(2,3)4)20(25)11-21(16)26-8/h9-11H,12-13H2,1-8H3. The van der Waals surface area contributed by atoms with Gasteiger partial charge in [0.25, 0.3) is 0 Å². The Bertz CT molecular complexity index is 883. The molecule has 0 amide bonds. The number of ether oxygens (including phenoxy) is 2. The number of hydrogen-bond donors (Lipinski definition) is 0. The van der Waals surface area contributed by atoms with Gasteiger partial charge in [-0.3, -0.25) is 0 Å². The highest BCUT2D eigenvalue weighted by Crippen LogP contribution is 2.45. The molecule has 27 heavy (non-hydrogen) atoms. The molecule has 0 N–H and O–H groups in total. The first-order chi connectivity index (χ1) is 12.4. The minimum Gasteiger partial charge on any atom is -0.496 e. The molecule has 0 atom stereocenters. The van der Waals surface area contributed by atoms with E-state index in [1.807, 2.05) is 26.8 Å². The van der Waals surface area contributed by atoms with Gasteiger partial charge in [0, 0.05) is 11.6 Å². The minimum absolute atomic E-state index is 0.0565. The lowest BCUT2D eigenvalue weighted by atomic mass is 9.76. The summed E-state index contributed by atoms with van der Waals surface area (Å²) in [6.07, 6.45) is 0. The second kappa shape index (κ2) is 6.63. The fraction of sp³-hybridized carbons (Fsp3) is 0.500. The van der Waals surface area contributed by atoms with Crippen molar-refractivity contribution in [1.29, 1.82) is 0 Å². The Morgan fingerprint density at radius 3 is 2.11 bits per heavy atom. The third kappa shape index (κ3) is 3.50. The second-order valence-electron chi connectivity index (χ2n) is 9.59. The van der Waals surface area contributed by atoms with Crippen LogP contribution < -0.4 is 4.74 Å². The second-order valence-corrected chi connectivity index (χ2v) is 9.59. The highest BCUT2D eigenvalue weighted by atomic mass is 19.1. The monoisotopic (exact) mass is 370 g/mol. The van der Waals surface area contributed by atoms with Gasteiger partial charge >= 0.3 is 0 Å². The van der Waals surface area contributed by atoms with Crippen molar-refractivity contribution in [3.8, 4) is 16.9 Å². The van der Waals surface area contributed by atoms with Crippen LogP contribution in [0.3, 0.4) is 0 Å². The summed E-state index contributed by atoms with van der Waals surface area (Å²) in [7, 11) is 1.61. The van der Waals surface area contributed by atoms with E-state index in [9.17, 15) is 4.39 Å². The average Bonchev–Trinajstić information content (AvgIpc) is 3.02. The first kappa shape index (κ1) is 19.9. The van der Waals surface area contributed by atoms with Gasteiger partial charge in [0.05, 0.1) is 20.3 Å². The maximum atomic E-state index is 14.8. The van der Waals surface area contributed by atoms with Crippen LogP contribution in [0.4, 0.5) is 4.39 Å². The normalized spacial score (nSPS) is 14.4. The molecule has 2 nitrogen and oxygen atoms in total. The topological polar surface area (TPSA) is 18.5 Å². The van der Waals surface area contributed by atoms with Crippen LogP contribution in [0.15, 0.2) is 18.2 Å². The van der Waals surface area contributed by atoms with Crippen LogP contribution in [0.2, 0.25) is 0 Å². The van der Waals surface area contributed by atoms with Crippen LogP contribution >= 0.6 is 0 Å². The fourth-order valence-electron chi connectivity index (χ4n) is 3.95. The van der Waals surface area contributed by atoms with E-state index in [1.54, 1.807) is 7.11 Å². The molecule has 146 valence electrons. The predicted octanol–water partition coefficient (Wildman–Crippen LogP) is 6.43. The number of hydrogen-bond acceptors (Lipinski definition) is 2. The van der Waals surface area contributed by atoms with Gasteiger partial charge in [-0.1, -0.05) is 47.6 Å². The van der Waals surface area contributed by atoms with Gasteiger partial charge in [0.1, 0.15) is 11.6 Å². The van der Waals surface area contributed by atoms with E-state index in [-0.39, 0.29) is 16.6 Å². The van der Waals surface area contributed by atoms with Gasteiger partial charge in [0.2, 0.25) is 0 Å². The zero-order valence-corrected chi connectivity index (χ0v) is 17.8. The highest BCUT2D eigenvalue weighted by molar-refractivity contribution is 5.80. The van der Waals surface area contributed by atoms with Gasteiger partial charge in [-0.25, -0.2) is 4.39 Å². The van der Waals surface area contributed by atoms with Crippen molar-refractivity contribution in [2.24, 2.45) is 0 Å². The Morgan fingerprint density at radius 1 is 0.926 bits per heavy atom. The Labute approximate surface area is 162 Å². The Balaban J connectivity index is 2.40. The summed E-state index contributed by atoms with van der Waals surface area (Å²) < 4.78 is 26.1. The maximum absolute atomic E-state index is 14.8. The molecule has 0 aliphatic carbocycles. The van der Waals surface area contributed by atoms with Crippen molar-refractivity contribution in [2.75, 3.05) is 7.11 Å². The molecule has 2 aromatic rings. The Hall–Kier alpha value is -1.87. The third-order valence-electron chi connectivity index (χ3n) is 5.48. The van der Waals surface area contributed by atoms with Crippen molar-refractivity contribution < 1.29 is 13.9 Å². The molecule has 0 unspecified atom stereocenters. The Morgan fingerprint density at radius 2 is 1.56 bits per heavy atom. The van der Waals surface area contributed by atoms with E-state index in [0.29, 0.717) is 24.5 Å². The fourth-order valence-corrected chi connectivity index (χ4v) is 3.95. The first-order valence-corrected chi connectivity index (χ1v) is 9.57. The average molecular weight is 371 g/mol. The molecule has 0 aromatic heterocycles. The molecule has 1 aliphatic rings. The van der Waals surface area contributed by atoms with Gasteiger partial charge in [-0.2, -0.15) is 0 Å². The van der Waals surface area contributed by atoms with E-state index in [2.05, 4.69) is 33.8 Å². The summed E-state index contributed by atoms with van der Waals surface area (Å²) in [6.45, 7) is 16.2. The molecule has 0 saturated carbocycles. The molecule has 3 heteroatoms. The lowest BCUT2D eigenvalue weighted by molar-refractivity contribution is 0.134. The summed E-state index contributed by atoms with van der Waals surface area (Å²) >= 11 is 0. The van der Waals surface area contributed by atoms with Crippen molar-refractivity contribution in [3.63, 3.8) is 0 Å². The third-order valence-corrected chi connectivity index (χ3v) is 5.48. The van der Waals surface area contributed by atoms with Gasteiger partial charge in [-0.05, 0) is 57.2 Å². The zero-order valence-electron chi connectivity index (χ0n) is 17.8. The molecule has 0 saturated heterocycles. The molecule has 2 aromatic carbocycles. The van der Waals surface area contributed by atoms with E-state index in [0.717, 1.165) is 11.1 Å². The molecule has 3 rings (SSSR count). The summed E-state index contributed by atoms with van der Waals surface area (Å²) in [5.74, 6) is 0.357. The molecular weight excluding hydrogens is 339 g/mol. The van der Waals surface area contributed by atoms with E-state index >= 15 is 0 Å². The van der Waals surface area contributed by atoms with Crippen LogP contribution in [-0.2, 0) is 28.8 Å². The van der Waals surface area contributed by atoms with Crippen molar-refractivity contribution in [2.45, 2.75) is 72.5 Å². The minimum atomic E-state index is -0.291. The molecule has 0 fully saturated rings. The molecule has 0 bridgehead atoms. The number of halogens is 1. The maximum Gasteiger partial charge on any atom is 0.130 e. The van der Waals surface area contributed by atoms with E-state index < -0.39 is 0 Å². The Kier molecular flexibility index (Phi) is 4.88. The van der Waals surface area contributed by atoms with Crippen molar-refractivity contribution in [3.05, 3.63) is 51.8 Å². The summed E-state index contributed by atoms with van der Waals surface area (Å²) in [5.41, 5.74) is 7.43. The van der Waals surface area contributed by atoms with E-state index in [4.69, 9.17) is 9.47 Å². The lowest BCUT2D eigenvalue weighted by Crippen LogP contribution is -2.17. The first-order valence-electron chi connectivity index (χ1n) is 9.57. The van der Waals surface area contributed by atoms with Crippen molar-refractivity contribution >= 4 is 0 Å². The van der Waals surface area contributed by atoms with Gasteiger partial charge in [0.15, 0.2) is 0 Å². The van der Waals surface area contributed by atoms with Crippen molar-refractivity contribution in [1.82, 2.24) is 0 Å². The number of methoxy groups -OCH3 is 1. The SMILES string of the molecule is COc1cc(F)c(C(C)(C)C)cc1-c1c(C(C)(C)C)cc2c(c1C)COC2. The van der Waals surface area contributed by atoms with E-state index in [1.165, 1.54) is 28.3 Å². The van der Waals surface area contributed by atoms with Gasteiger partial charge < -0.3 is 9.47 Å². The van der Waals surface area contributed by atoms with Crippen LogP contribution in [0.5, 0.6) is 5.75 Å². The number of rotatable bonds is 2. The van der Waals surface area contributed by atoms with Crippen LogP contribution in [0, 0.1) is 12.7 Å². The van der Waals surface area contributed by atoms with Crippen LogP contribution in [0.1, 0.15) is 69.4 Å². The molecule has 0 spiro atoms. The summed E-state index contributed by atoms with van der Waals surface area (Å²) in [4.78, 5) is 0. The number of benzene rings is 2. The zero-order chi connectivity index (χ0) is 20.1. The number of fused-ring (bicyclic) bond motifs is 1. The predicted molar refractivity (Wildman–Crippen MR) is 109 cm³/mol. The molecule has 1 heterocycles. The summed E-state index contributed by atoms with van der Waals surface area (Å²) in [5, 5.41) is 0. The largest absolute Gasteiger partial charge is 0.496 e. The molecule has 0 radical (unpaired) electrons.